The summed E-state index contributed by atoms with van der Waals surface area (Å²) in [5.74, 6) is -2.47. The maximum absolute atomic E-state index is 12.5. The number of rotatable bonds is 6. The number of carboxylic acid groups (broad SMARTS) is 1. The van der Waals surface area contributed by atoms with E-state index >= 15 is 0 Å². The number of hydrogen-bond acceptors (Lipinski definition) is 7. The van der Waals surface area contributed by atoms with Crippen LogP contribution in [0.25, 0.3) is 11.0 Å². The van der Waals surface area contributed by atoms with E-state index < -0.39 is 34.4 Å². The van der Waals surface area contributed by atoms with Crippen LogP contribution in [0.1, 0.15) is 49.7 Å². The minimum atomic E-state index is -1.13. The van der Waals surface area contributed by atoms with E-state index in [2.05, 4.69) is 5.32 Å². The third-order valence-electron chi connectivity index (χ3n) is 5.84. The fourth-order valence-electron chi connectivity index (χ4n) is 4.17. The highest BCUT2D eigenvalue weighted by molar-refractivity contribution is 5.89. The Bertz CT molecular complexity index is 1000. The van der Waals surface area contributed by atoms with Gasteiger partial charge in [-0.15, -0.1) is 0 Å². The van der Waals surface area contributed by atoms with Gasteiger partial charge in [0.1, 0.15) is 0 Å². The standard InChI is InChI=1S/C21H25NO7/c1-12-13-5-6-15(23)18(27)19(13)29-20(28)14(12)9-16(24)22-11-21(10-17(25)26)7-3-2-4-8-21/h5-6,23,27H,2-4,7-11H2,1H3,(H,22,24)(H,25,26)/p-1. The number of aromatic hydroxyl groups is 2. The first kappa shape index (κ1) is 20.7. The Kier molecular flexibility index (Phi) is 5.81. The average molecular weight is 402 g/mol. The van der Waals surface area contributed by atoms with Gasteiger partial charge in [0.2, 0.25) is 11.7 Å². The summed E-state index contributed by atoms with van der Waals surface area (Å²) in [4.78, 5) is 36.0. The Hall–Kier alpha value is -3.03. The highest BCUT2D eigenvalue weighted by atomic mass is 16.4. The van der Waals surface area contributed by atoms with Crippen molar-refractivity contribution < 1.29 is 29.3 Å². The molecule has 3 N–H and O–H groups in total. The van der Waals surface area contributed by atoms with Crippen molar-refractivity contribution in [2.45, 2.75) is 51.9 Å². The lowest BCUT2D eigenvalue weighted by molar-refractivity contribution is -0.308. The number of amides is 1. The molecule has 156 valence electrons. The van der Waals surface area contributed by atoms with E-state index in [0.717, 1.165) is 19.3 Å². The number of aryl methyl sites for hydroxylation is 1. The molecule has 0 atom stereocenters. The molecule has 0 spiro atoms. The van der Waals surface area contributed by atoms with Crippen LogP contribution >= 0.6 is 0 Å². The first-order valence-electron chi connectivity index (χ1n) is 9.66. The lowest BCUT2D eigenvalue weighted by atomic mass is 9.71. The molecular formula is C21H24NO7-. The second-order valence-electron chi connectivity index (χ2n) is 7.87. The number of hydrogen-bond donors (Lipinski definition) is 3. The highest BCUT2D eigenvalue weighted by Gasteiger charge is 2.32. The molecule has 1 amide bonds. The second kappa shape index (κ2) is 8.14. The molecule has 3 rings (SSSR count). The smallest absolute Gasteiger partial charge is 0.340 e. The second-order valence-corrected chi connectivity index (χ2v) is 7.87. The van der Waals surface area contributed by atoms with Crippen molar-refractivity contribution in [1.29, 1.82) is 0 Å². The summed E-state index contributed by atoms with van der Waals surface area (Å²) in [5.41, 5.74) is -0.791. The van der Waals surface area contributed by atoms with Crippen LogP contribution in [0, 0.1) is 12.3 Å². The third kappa shape index (κ3) is 4.36. The number of carboxylic acids is 1. The molecule has 2 aromatic rings. The number of carbonyl (C=O) groups is 2. The van der Waals surface area contributed by atoms with Gasteiger partial charge >= 0.3 is 5.63 Å². The molecular weight excluding hydrogens is 378 g/mol. The van der Waals surface area contributed by atoms with E-state index in [-0.39, 0.29) is 30.5 Å². The molecule has 1 fully saturated rings. The molecule has 8 heteroatoms. The minimum Gasteiger partial charge on any atom is -0.550 e. The summed E-state index contributed by atoms with van der Waals surface area (Å²) in [6, 6.07) is 2.78. The molecule has 0 bridgehead atoms. The number of benzene rings is 1. The van der Waals surface area contributed by atoms with Gasteiger partial charge in [-0.3, -0.25) is 4.79 Å². The van der Waals surface area contributed by atoms with Crippen LogP contribution in [0.4, 0.5) is 0 Å². The summed E-state index contributed by atoms with van der Waals surface area (Å²) in [5, 5.41) is 33.8. The zero-order valence-corrected chi connectivity index (χ0v) is 16.2. The molecule has 1 aromatic carbocycles. The number of phenolic OH excluding ortho intramolecular Hbond substituents is 2. The van der Waals surface area contributed by atoms with Gasteiger partial charge < -0.3 is 29.8 Å². The number of aliphatic carboxylic acids is 1. The number of nitrogens with one attached hydrogen (secondary N) is 1. The lowest BCUT2D eigenvalue weighted by Crippen LogP contribution is -2.43. The van der Waals surface area contributed by atoms with Crippen LogP contribution in [0.2, 0.25) is 0 Å². The number of fused-ring (bicyclic) bond motifs is 1. The van der Waals surface area contributed by atoms with Crippen molar-refractivity contribution >= 4 is 22.8 Å². The van der Waals surface area contributed by atoms with Crippen LogP contribution in [-0.4, -0.2) is 28.6 Å². The Morgan fingerprint density at radius 3 is 2.55 bits per heavy atom. The van der Waals surface area contributed by atoms with E-state index in [1.807, 2.05) is 0 Å². The lowest BCUT2D eigenvalue weighted by Gasteiger charge is -2.37. The number of carbonyl (C=O) groups excluding carboxylic acids is 2. The highest BCUT2D eigenvalue weighted by Crippen LogP contribution is 2.38. The van der Waals surface area contributed by atoms with Crippen LogP contribution in [0.3, 0.4) is 0 Å². The van der Waals surface area contributed by atoms with Crippen molar-refractivity contribution in [3.8, 4) is 11.5 Å². The van der Waals surface area contributed by atoms with E-state index in [9.17, 15) is 29.7 Å². The predicted molar refractivity (Wildman–Crippen MR) is 102 cm³/mol. The average Bonchev–Trinajstić information content (AvgIpc) is 2.67. The molecule has 1 aliphatic rings. The summed E-state index contributed by atoms with van der Waals surface area (Å²) in [6.07, 6.45) is 3.95. The summed E-state index contributed by atoms with van der Waals surface area (Å²) in [6.45, 7) is 1.85. The third-order valence-corrected chi connectivity index (χ3v) is 5.84. The number of phenols is 2. The van der Waals surface area contributed by atoms with Gasteiger partial charge in [0.15, 0.2) is 11.3 Å². The Balaban J connectivity index is 1.78. The normalized spacial score (nSPS) is 15.9. The zero-order valence-electron chi connectivity index (χ0n) is 16.2. The van der Waals surface area contributed by atoms with Crippen molar-refractivity contribution in [3.63, 3.8) is 0 Å². The maximum atomic E-state index is 12.5. The molecule has 1 aromatic heterocycles. The first-order chi connectivity index (χ1) is 13.7. The van der Waals surface area contributed by atoms with Gasteiger partial charge in [-0.05, 0) is 49.3 Å². The van der Waals surface area contributed by atoms with Crippen molar-refractivity contribution in [2.75, 3.05) is 6.54 Å². The van der Waals surface area contributed by atoms with Crippen LogP contribution in [0.5, 0.6) is 11.5 Å². The monoisotopic (exact) mass is 402 g/mol. The van der Waals surface area contributed by atoms with E-state index in [0.29, 0.717) is 23.8 Å². The molecule has 0 radical (unpaired) electrons. The van der Waals surface area contributed by atoms with Gasteiger partial charge in [0.05, 0.1) is 12.0 Å². The Morgan fingerprint density at radius 1 is 1.21 bits per heavy atom. The zero-order chi connectivity index (χ0) is 21.2. The fourth-order valence-corrected chi connectivity index (χ4v) is 4.17. The molecule has 8 nitrogen and oxygen atoms in total. The quantitative estimate of drug-likeness (QED) is 0.488. The van der Waals surface area contributed by atoms with Gasteiger partial charge in [0, 0.05) is 17.9 Å². The van der Waals surface area contributed by atoms with E-state index in [4.69, 9.17) is 4.42 Å². The first-order valence-corrected chi connectivity index (χ1v) is 9.66. The molecule has 0 aliphatic heterocycles. The topological polar surface area (TPSA) is 140 Å². The molecule has 1 aliphatic carbocycles. The van der Waals surface area contributed by atoms with Crippen molar-refractivity contribution in [1.82, 2.24) is 5.32 Å². The van der Waals surface area contributed by atoms with Gasteiger partial charge in [-0.2, -0.15) is 0 Å². The summed E-state index contributed by atoms with van der Waals surface area (Å²) >= 11 is 0. The van der Waals surface area contributed by atoms with Crippen LogP contribution in [0.15, 0.2) is 21.3 Å². The summed E-state index contributed by atoms with van der Waals surface area (Å²) < 4.78 is 5.12. The van der Waals surface area contributed by atoms with E-state index in [1.165, 1.54) is 12.1 Å². The van der Waals surface area contributed by atoms with Gasteiger partial charge in [-0.1, -0.05) is 19.3 Å². The van der Waals surface area contributed by atoms with Crippen LogP contribution in [-0.2, 0) is 16.0 Å². The van der Waals surface area contributed by atoms with E-state index in [1.54, 1.807) is 6.92 Å². The van der Waals surface area contributed by atoms with Gasteiger partial charge in [-0.25, -0.2) is 4.79 Å². The Morgan fingerprint density at radius 2 is 1.90 bits per heavy atom. The molecule has 1 heterocycles. The van der Waals surface area contributed by atoms with Gasteiger partial charge in [0.25, 0.3) is 0 Å². The minimum absolute atomic E-state index is 0.104. The summed E-state index contributed by atoms with van der Waals surface area (Å²) in [7, 11) is 0. The molecule has 1 saturated carbocycles. The molecule has 29 heavy (non-hydrogen) atoms. The molecule has 0 saturated heterocycles. The van der Waals surface area contributed by atoms with Crippen molar-refractivity contribution in [3.05, 3.63) is 33.7 Å². The SMILES string of the molecule is Cc1c(CC(=O)NCC2(CC(=O)[O-])CCCCC2)c(=O)oc2c(O)c(O)ccc12. The Labute approximate surface area is 167 Å². The fraction of sp³-hybridized carbons (Fsp3) is 0.476. The maximum Gasteiger partial charge on any atom is 0.340 e. The predicted octanol–water partition coefficient (Wildman–Crippen LogP) is 1.26. The van der Waals surface area contributed by atoms with Crippen molar-refractivity contribution in [2.24, 2.45) is 5.41 Å². The largest absolute Gasteiger partial charge is 0.550 e. The van der Waals surface area contributed by atoms with Crippen LogP contribution < -0.4 is 16.0 Å². The molecule has 0 unspecified atom stereocenters.